The number of ketones is 1. The summed E-state index contributed by atoms with van der Waals surface area (Å²) in [6, 6.07) is 0. The lowest BCUT2D eigenvalue weighted by atomic mass is 10.5. The first-order chi connectivity index (χ1) is 4.57. The lowest BCUT2D eigenvalue weighted by Gasteiger charge is -2.08. The zero-order chi connectivity index (χ0) is 8.15. The van der Waals surface area contributed by atoms with Gasteiger partial charge in [-0.2, -0.15) is 0 Å². The smallest absolute Gasteiger partial charge is 0.376 e. The maximum Gasteiger partial charge on any atom is 0.376 e. The highest BCUT2D eigenvalue weighted by Gasteiger charge is 2.12. The van der Waals surface area contributed by atoms with E-state index in [2.05, 4.69) is 9.47 Å². The van der Waals surface area contributed by atoms with E-state index in [1.165, 1.54) is 14.0 Å². The molecular weight excluding hydrogens is 136 g/mol. The molecule has 0 heterocycles. The van der Waals surface area contributed by atoms with Crippen LogP contribution < -0.4 is 0 Å². The number of Topliss-reactive ketones (excluding diaryl/α,β-unsaturated/α-hetero) is 1. The Balaban J connectivity index is 3.68. The van der Waals surface area contributed by atoms with Crippen molar-refractivity contribution in [2.75, 3.05) is 7.11 Å². The zero-order valence-electron chi connectivity index (χ0n) is 6.21. The Morgan fingerprint density at radius 2 is 1.90 bits per heavy atom. The third-order valence-electron chi connectivity index (χ3n) is 0.892. The van der Waals surface area contributed by atoms with Crippen molar-refractivity contribution in [2.24, 2.45) is 0 Å². The molecule has 10 heavy (non-hydrogen) atoms. The molecule has 1 unspecified atom stereocenters. The molecule has 0 aromatic heterocycles. The molecule has 0 fully saturated rings. The molecule has 4 heteroatoms. The van der Waals surface area contributed by atoms with E-state index in [1.54, 1.807) is 0 Å². The van der Waals surface area contributed by atoms with Gasteiger partial charge in [0.2, 0.25) is 5.78 Å². The molecule has 1 atom stereocenters. The van der Waals surface area contributed by atoms with Crippen LogP contribution >= 0.6 is 0 Å². The molecule has 0 bridgehead atoms. The second-order valence-corrected chi connectivity index (χ2v) is 1.76. The first-order valence-corrected chi connectivity index (χ1v) is 2.82. The fourth-order valence-electron chi connectivity index (χ4n) is 0.282. The average Bonchev–Trinajstić information content (AvgIpc) is 1.87. The molecule has 0 saturated carbocycles. The zero-order valence-corrected chi connectivity index (χ0v) is 6.21. The number of ether oxygens (including phenoxy) is 2. The minimum atomic E-state index is -0.866. The highest BCUT2D eigenvalue weighted by atomic mass is 16.7. The number of esters is 1. The van der Waals surface area contributed by atoms with Gasteiger partial charge in [-0.15, -0.1) is 0 Å². The Bertz CT molecular complexity index is 141. The molecule has 0 aromatic rings. The van der Waals surface area contributed by atoms with Gasteiger partial charge in [-0.25, -0.2) is 4.79 Å². The molecule has 0 aliphatic carbocycles. The molecule has 0 amide bonds. The molecule has 0 saturated heterocycles. The predicted molar refractivity (Wildman–Crippen MR) is 33.2 cm³/mol. The Hall–Kier alpha value is -0.900. The quantitative estimate of drug-likeness (QED) is 0.322. The van der Waals surface area contributed by atoms with E-state index < -0.39 is 18.0 Å². The minimum Gasteiger partial charge on any atom is -0.430 e. The van der Waals surface area contributed by atoms with Crippen molar-refractivity contribution in [3.63, 3.8) is 0 Å². The van der Waals surface area contributed by atoms with Crippen molar-refractivity contribution in [1.29, 1.82) is 0 Å². The minimum absolute atomic E-state index is 0.621. The van der Waals surface area contributed by atoms with E-state index >= 15 is 0 Å². The summed E-state index contributed by atoms with van der Waals surface area (Å²) in [5.74, 6) is -1.49. The number of rotatable bonds is 3. The van der Waals surface area contributed by atoms with Crippen molar-refractivity contribution in [2.45, 2.75) is 20.1 Å². The second kappa shape index (κ2) is 4.00. The SMILES string of the molecule is COC(C)OC(=O)C(C)=O. The van der Waals surface area contributed by atoms with Gasteiger partial charge < -0.3 is 9.47 Å². The van der Waals surface area contributed by atoms with E-state index in [4.69, 9.17) is 0 Å². The summed E-state index contributed by atoms with van der Waals surface area (Å²) in [6.45, 7) is 2.67. The molecule has 0 aliphatic heterocycles. The van der Waals surface area contributed by atoms with Crippen LogP contribution in [-0.4, -0.2) is 25.2 Å². The molecule has 0 spiro atoms. The summed E-state index contributed by atoms with van der Waals surface area (Å²) in [5, 5.41) is 0. The fraction of sp³-hybridized carbons (Fsp3) is 0.667. The Kier molecular flexibility index (Phi) is 3.64. The van der Waals surface area contributed by atoms with Gasteiger partial charge in [0.15, 0.2) is 6.29 Å². The monoisotopic (exact) mass is 146 g/mol. The lowest BCUT2D eigenvalue weighted by molar-refractivity contribution is -0.173. The summed E-state index contributed by atoms with van der Waals surface area (Å²) in [5.41, 5.74) is 0. The third-order valence-corrected chi connectivity index (χ3v) is 0.892. The largest absolute Gasteiger partial charge is 0.430 e. The van der Waals surface area contributed by atoms with Crippen molar-refractivity contribution in [3.8, 4) is 0 Å². The summed E-state index contributed by atoms with van der Waals surface area (Å²) in [6.07, 6.45) is -0.656. The summed E-state index contributed by atoms with van der Waals surface area (Å²) >= 11 is 0. The lowest BCUT2D eigenvalue weighted by Crippen LogP contribution is -2.21. The van der Waals surface area contributed by atoms with Crippen molar-refractivity contribution < 1.29 is 19.1 Å². The van der Waals surface area contributed by atoms with E-state index in [9.17, 15) is 9.59 Å². The molecule has 0 radical (unpaired) electrons. The first kappa shape index (κ1) is 9.10. The van der Waals surface area contributed by atoms with Crippen LogP contribution in [0.15, 0.2) is 0 Å². The third kappa shape index (κ3) is 3.19. The molecular formula is C6H10O4. The molecule has 4 nitrogen and oxygen atoms in total. The van der Waals surface area contributed by atoms with E-state index in [0.29, 0.717) is 0 Å². The maximum absolute atomic E-state index is 10.5. The van der Waals surface area contributed by atoms with Crippen LogP contribution in [-0.2, 0) is 19.1 Å². The fourth-order valence-corrected chi connectivity index (χ4v) is 0.282. The van der Waals surface area contributed by atoms with Crippen LogP contribution in [0.1, 0.15) is 13.8 Å². The van der Waals surface area contributed by atoms with Crippen LogP contribution in [0.4, 0.5) is 0 Å². The Labute approximate surface area is 59.1 Å². The van der Waals surface area contributed by atoms with Gasteiger partial charge in [0, 0.05) is 14.0 Å². The molecule has 58 valence electrons. The van der Waals surface area contributed by atoms with Crippen molar-refractivity contribution >= 4 is 11.8 Å². The first-order valence-electron chi connectivity index (χ1n) is 2.82. The summed E-state index contributed by atoms with van der Waals surface area (Å²) in [7, 11) is 1.39. The molecule has 0 rings (SSSR count). The Morgan fingerprint density at radius 1 is 1.40 bits per heavy atom. The van der Waals surface area contributed by atoms with Gasteiger partial charge >= 0.3 is 5.97 Å². The molecule has 0 aromatic carbocycles. The predicted octanol–water partition coefficient (Wildman–Crippen LogP) is 0.111. The molecule has 0 aliphatic rings. The second-order valence-electron chi connectivity index (χ2n) is 1.76. The van der Waals surface area contributed by atoms with Gasteiger partial charge in [-0.1, -0.05) is 0 Å². The number of hydrogen-bond acceptors (Lipinski definition) is 4. The van der Waals surface area contributed by atoms with Gasteiger partial charge in [0.25, 0.3) is 0 Å². The van der Waals surface area contributed by atoms with Gasteiger partial charge in [-0.05, 0) is 6.92 Å². The van der Waals surface area contributed by atoms with Crippen LogP contribution in [0.3, 0.4) is 0 Å². The standard InChI is InChI=1S/C6H10O4/c1-4(7)6(8)10-5(2)9-3/h5H,1-3H3. The Morgan fingerprint density at radius 3 is 2.20 bits per heavy atom. The van der Waals surface area contributed by atoms with E-state index in [1.807, 2.05) is 0 Å². The maximum atomic E-state index is 10.5. The van der Waals surface area contributed by atoms with Gasteiger partial charge in [-0.3, -0.25) is 4.79 Å². The average molecular weight is 146 g/mol. The number of hydrogen-bond donors (Lipinski definition) is 0. The van der Waals surface area contributed by atoms with Crippen LogP contribution in [0, 0.1) is 0 Å². The van der Waals surface area contributed by atoms with Gasteiger partial charge in [0.1, 0.15) is 0 Å². The topological polar surface area (TPSA) is 52.6 Å². The van der Waals surface area contributed by atoms with Crippen LogP contribution in [0.2, 0.25) is 0 Å². The van der Waals surface area contributed by atoms with E-state index in [0.717, 1.165) is 6.92 Å². The highest BCUT2D eigenvalue weighted by molar-refractivity contribution is 6.32. The van der Waals surface area contributed by atoms with Crippen LogP contribution in [0.5, 0.6) is 0 Å². The van der Waals surface area contributed by atoms with Crippen molar-refractivity contribution in [1.82, 2.24) is 0 Å². The highest BCUT2D eigenvalue weighted by Crippen LogP contribution is 1.91. The number of methoxy groups -OCH3 is 1. The number of carbonyl (C=O) groups excluding carboxylic acids is 2. The van der Waals surface area contributed by atoms with Crippen molar-refractivity contribution in [3.05, 3.63) is 0 Å². The number of carbonyl (C=O) groups is 2. The normalized spacial score (nSPS) is 12.3. The van der Waals surface area contributed by atoms with Gasteiger partial charge in [0.05, 0.1) is 0 Å². The van der Waals surface area contributed by atoms with Crippen LogP contribution in [0.25, 0.3) is 0 Å². The van der Waals surface area contributed by atoms with E-state index in [-0.39, 0.29) is 0 Å². The molecule has 0 N–H and O–H groups in total. The summed E-state index contributed by atoms with van der Waals surface area (Å²) < 4.78 is 9.03. The summed E-state index contributed by atoms with van der Waals surface area (Å²) in [4.78, 5) is 20.7.